The van der Waals surface area contributed by atoms with Crippen molar-refractivity contribution in [1.82, 2.24) is 9.78 Å². The second-order valence-corrected chi connectivity index (χ2v) is 13.8. The molecule has 0 aromatic carbocycles. The van der Waals surface area contributed by atoms with Crippen molar-refractivity contribution in [3.8, 4) is 0 Å². The number of halogens is 3. The third kappa shape index (κ3) is 4.88. The van der Waals surface area contributed by atoms with E-state index in [1.165, 1.54) is 0 Å². The SMILES string of the molecule is CCOC(=O)c1c(C(F)(F)F)c(C2(C)CC2)nn1COCC[Si](C)(C)C. The van der Waals surface area contributed by atoms with Gasteiger partial charge in [-0.1, -0.05) is 26.6 Å². The molecule has 0 spiro atoms. The molecule has 9 heteroatoms. The molecule has 148 valence electrons. The third-order valence-corrected chi connectivity index (χ3v) is 6.19. The summed E-state index contributed by atoms with van der Waals surface area (Å²) >= 11 is 0. The average molecular weight is 392 g/mol. The molecule has 0 bridgehead atoms. The van der Waals surface area contributed by atoms with Crippen molar-refractivity contribution >= 4 is 14.0 Å². The summed E-state index contributed by atoms with van der Waals surface area (Å²) in [4.78, 5) is 12.3. The van der Waals surface area contributed by atoms with Gasteiger partial charge in [-0.3, -0.25) is 0 Å². The molecule has 1 aromatic heterocycles. The lowest BCUT2D eigenvalue weighted by molar-refractivity contribution is -0.139. The molecule has 0 N–H and O–H groups in total. The molecule has 0 aliphatic heterocycles. The maximum atomic E-state index is 13.7. The van der Waals surface area contributed by atoms with Crippen LogP contribution < -0.4 is 0 Å². The van der Waals surface area contributed by atoms with E-state index in [0.29, 0.717) is 19.4 Å². The van der Waals surface area contributed by atoms with Gasteiger partial charge in [0.25, 0.3) is 0 Å². The molecule has 1 saturated carbocycles. The largest absolute Gasteiger partial charge is 0.461 e. The Labute approximate surface area is 152 Å². The fraction of sp³-hybridized carbons (Fsp3) is 0.765. The summed E-state index contributed by atoms with van der Waals surface area (Å²) < 4.78 is 52.6. The van der Waals surface area contributed by atoms with E-state index in [9.17, 15) is 18.0 Å². The van der Waals surface area contributed by atoms with Crippen molar-refractivity contribution in [2.75, 3.05) is 13.2 Å². The molecule has 2 rings (SSSR count). The van der Waals surface area contributed by atoms with Gasteiger partial charge in [-0.15, -0.1) is 0 Å². The van der Waals surface area contributed by atoms with Crippen molar-refractivity contribution in [3.63, 3.8) is 0 Å². The van der Waals surface area contributed by atoms with Crippen LogP contribution in [0, 0.1) is 0 Å². The molecule has 1 aromatic rings. The standard InChI is InChI=1S/C17H27F3N2O3Si/c1-6-25-15(23)13-12(17(18,19)20)14(16(2)7-8-16)21-22(13)11-24-9-10-26(3,4)5/h6-11H2,1-5H3. The number of rotatable bonds is 8. The Hall–Kier alpha value is -1.35. The van der Waals surface area contributed by atoms with Crippen LogP contribution in [0.25, 0.3) is 0 Å². The maximum Gasteiger partial charge on any atom is 0.420 e. The van der Waals surface area contributed by atoms with Gasteiger partial charge >= 0.3 is 12.1 Å². The molecule has 1 aliphatic carbocycles. The van der Waals surface area contributed by atoms with E-state index >= 15 is 0 Å². The number of ether oxygens (including phenoxy) is 2. The Morgan fingerprint density at radius 1 is 1.31 bits per heavy atom. The third-order valence-electron chi connectivity index (χ3n) is 4.49. The van der Waals surface area contributed by atoms with Gasteiger partial charge in [0.15, 0.2) is 5.69 Å². The maximum absolute atomic E-state index is 13.7. The van der Waals surface area contributed by atoms with Gasteiger partial charge < -0.3 is 9.47 Å². The molecular formula is C17H27F3N2O3Si. The Morgan fingerprint density at radius 2 is 1.92 bits per heavy atom. The summed E-state index contributed by atoms with van der Waals surface area (Å²) in [5, 5.41) is 4.13. The van der Waals surface area contributed by atoms with Gasteiger partial charge in [-0.05, 0) is 25.8 Å². The van der Waals surface area contributed by atoms with Gasteiger partial charge in [0.2, 0.25) is 0 Å². The first-order chi connectivity index (χ1) is 11.9. The number of aromatic nitrogens is 2. The second-order valence-electron chi connectivity index (χ2n) is 8.20. The average Bonchev–Trinajstić information content (AvgIpc) is 3.10. The molecule has 0 radical (unpaired) electrons. The Balaban J connectivity index is 2.36. The summed E-state index contributed by atoms with van der Waals surface area (Å²) in [6.45, 7) is 10.1. The van der Waals surface area contributed by atoms with Gasteiger partial charge in [-0.2, -0.15) is 18.3 Å². The molecule has 1 aliphatic rings. The highest BCUT2D eigenvalue weighted by molar-refractivity contribution is 6.76. The van der Waals surface area contributed by atoms with Crippen molar-refractivity contribution < 1.29 is 27.4 Å². The van der Waals surface area contributed by atoms with Crippen LogP contribution in [0.5, 0.6) is 0 Å². The van der Waals surface area contributed by atoms with Crippen LogP contribution in [0.15, 0.2) is 0 Å². The van der Waals surface area contributed by atoms with E-state index in [4.69, 9.17) is 9.47 Å². The van der Waals surface area contributed by atoms with Crippen LogP contribution in [0.3, 0.4) is 0 Å². The van der Waals surface area contributed by atoms with Crippen LogP contribution in [-0.4, -0.2) is 37.0 Å². The summed E-state index contributed by atoms with van der Waals surface area (Å²) in [5.41, 5.74) is -2.27. The lowest BCUT2D eigenvalue weighted by Crippen LogP contribution is -2.23. The monoisotopic (exact) mass is 392 g/mol. The van der Waals surface area contributed by atoms with E-state index in [1.807, 2.05) is 0 Å². The van der Waals surface area contributed by atoms with Gasteiger partial charge in [0, 0.05) is 20.1 Å². The molecule has 0 unspecified atom stereocenters. The summed E-state index contributed by atoms with van der Waals surface area (Å²) in [6, 6.07) is 0.875. The number of carbonyl (C=O) groups excluding carboxylic acids is 1. The van der Waals surface area contributed by atoms with Crippen molar-refractivity contribution in [1.29, 1.82) is 0 Å². The van der Waals surface area contributed by atoms with E-state index < -0.39 is 36.9 Å². The summed E-state index contributed by atoms with van der Waals surface area (Å²) in [5.74, 6) is -1.02. The van der Waals surface area contributed by atoms with Crippen molar-refractivity contribution in [2.45, 2.75) is 70.7 Å². The molecule has 0 saturated heterocycles. The van der Waals surface area contributed by atoms with E-state index in [-0.39, 0.29) is 19.0 Å². The quantitative estimate of drug-likeness (QED) is 0.373. The molecule has 0 atom stereocenters. The minimum atomic E-state index is -4.68. The molecule has 26 heavy (non-hydrogen) atoms. The number of hydrogen-bond donors (Lipinski definition) is 0. The van der Waals surface area contributed by atoms with E-state index in [2.05, 4.69) is 24.7 Å². The zero-order valence-electron chi connectivity index (χ0n) is 16.0. The van der Waals surface area contributed by atoms with E-state index in [1.54, 1.807) is 13.8 Å². The van der Waals surface area contributed by atoms with Crippen molar-refractivity contribution in [3.05, 3.63) is 17.0 Å². The molecule has 0 amide bonds. The topological polar surface area (TPSA) is 53.3 Å². The van der Waals surface area contributed by atoms with Crippen LogP contribution in [-0.2, 0) is 27.8 Å². The Bertz CT molecular complexity index is 661. The number of carbonyl (C=O) groups is 1. The Morgan fingerprint density at radius 3 is 2.38 bits per heavy atom. The minimum absolute atomic E-state index is 0.00953. The van der Waals surface area contributed by atoms with E-state index in [0.717, 1.165) is 10.7 Å². The predicted octanol–water partition coefficient (Wildman–Crippen LogP) is 4.44. The fourth-order valence-electron chi connectivity index (χ4n) is 2.61. The van der Waals surface area contributed by atoms with Crippen molar-refractivity contribution in [2.24, 2.45) is 0 Å². The van der Waals surface area contributed by atoms with Gasteiger partial charge in [0.05, 0.1) is 12.3 Å². The summed E-state index contributed by atoms with van der Waals surface area (Å²) in [7, 11) is -1.33. The molecule has 1 fully saturated rings. The zero-order chi connectivity index (χ0) is 19.8. The normalized spacial score (nSPS) is 16.6. The molecule has 5 nitrogen and oxygen atoms in total. The van der Waals surface area contributed by atoms with Gasteiger partial charge in [0.1, 0.15) is 12.3 Å². The number of nitrogens with zero attached hydrogens (tertiary/aromatic N) is 2. The zero-order valence-corrected chi connectivity index (χ0v) is 17.0. The smallest absolute Gasteiger partial charge is 0.420 e. The second kappa shape index (κ2) is 7.34. The highest BCUT2D eigenvalue weighted by Gasteiger charge is 2.51. The molecule has 1 heterocycles. The van der Waals surface area contributed by atoms with Crippen LogP contribution in [0.2, 0.25) is 25.7 Å². The molecular weight excluding hydrogens is 365 g/mol. The first kappa shape index (κ1) is 21.0. The Kier molecular flexibility index (Phi) is 5.92. The lowest BCUT2D eigenvalue weighted by atomic mass is 9.99. The first-order valence-corrected chi connectivity index (χ1v) is 12.5. The lowest BCUT2D eigenvalue weighted by Gasteiger charge is -2.16. The van der Waals surface area contributed by atoms with Crippen LogP contribution in [0.4, 0.5) is 13.2 Å². The minimum Gasteiger partial charge on any atom is -0.461 e. The van der Waals surface area contributed by atoms with Crippen LogP contribution >= 0.6 is 0 Å². The highest BCUT2D eigenvalue weighted by Crippen LogP contribution is 2.51. The van der Waals surface area contributed by atoms with Crippen LogP contribution in [0.1, 0.15) is 48.4 Å². The fourth-order valence-corrected chi connectivity index (χ4v) is 3.36. The summed E-state index contributed by atoms with van der Waals surface area (Å²) in [6.07, 6.45) is -3.45. The van der Waals surface area contributed by atoms with Gasteiger partial charge in [-0.25, -0.2) is 9.48 Å². The first-order valence-electron chi connectivity index (χ1n) is 8.82. The highest BCUT2D eigenvalue weighted by atomic mass is 28.3. The predicted molar refractivity (Wildman–Crippen MR) is 93.9 cm³/mol. The number of hydrogen-bond acceptors (Lipinski definition) is 4. The number of alkyl halides is 3. The number of esters is 1.